The minimum Gasteiger partial charge on any atom is -0.477 e. The number of nitrogens with two attached hydrogens (primary N) is 1. The number of rotatable bonds is 5. The molecule has 0 saturated heterocycles. The minimum atomic E-state index is -3.63. The number of aromatic nitrogens is 2. The normalized spacial score (nSPS) is 16.7. The number of amides is 1. The Balaban J connectivity index is 0.000000369. The molecule has 66 heavy (non-hydrogen) atoms. The molecule has 0 aliphatic heterocycles. The number of para-hydroxylation sites is 2. The average molecular weight is 921 g/mol. The number of carboxylic acid groups (broad SMARTS) is 1. The summed E-state index contributed by atoms with van der Waals surface area (Å²) in [5.41, 5.74) is -3.61. The van der Waals surface area contributed by atoms with Gasteiger partial charge in [-0.1, -0.05) is 114 Å². The Morgan fingerprint density at radius 1 is 0.606 bits per heavy atom. The minimum absolute atomic E-state index is 0. The molecule has 6 rings (SSSR count). The van der Waals surface area contributed by atoms with Gasteiger partial charge in [0.15, 0.2) is 0 Å². The quantitative estimate of drug-likeness (QED) is 0.0627. The molecular weight excluding hydrogens is 837 g/mol. The summed E-state index contributed by atoms with van der Waals surface area (Å²) in [5.74, 6) is -5.11. The van der Waals surface area contributed by atoms with Crippen LogP contribution in [0.4, 0.5) is 11.4 Å². The second-order valence-electron chi connectivity index (χ2n) is 16.9. The highest BCUT2D eigenvalue weighted by atomic mass is 16.5. The Labute approximate surface area is 412 Å². The van der Waals surface area contributed by atoms with Crippen molar-refractivity contribution in [3.8, 4) is 11.5 Å². The molecule has 0 aliphatic carbocycles. The number of fused-ring (bicyclic) bond motifs is 2. The van der Waals surface area contributed by atoms with Gasteiger partial charge in [0.05, 0.1) is 0 Å². The lowest BCUT2D eigenvalue weighted by Crippen LogP contribution is -2.25. The van der Waals surface area contributed by atoms with Crippen LogP contribution in [0.2, 0.25) is 0 Å². The highest BCUT2D eigenvalue weighted by molar-refractivity contribution is 6.06. The predicted octanol–water partition coefficient (Wildman–Crippen LogP) is 11.0. The van der Waals surface area contributed by atoms with Crippen LogP contribution in [0.3, 0.4) is 0 Å². The molecule has 0 radical (unpaired) electrons. The second-order valence-corrected chi connectivity index (χ2v) is 16.9. The number of nitrogens with one attached hydrogen (secondary N) is 3. The number of anilines is 2. The number of carbonyl (C=O) groups excluding carboxylic acids is 3. The molecule has 0 fully saturated rings. The van der Waals surface area contributed by atoms with Crippen LogP contribution in [-0.2, 0) is 31.2 Å². The zero-order valence-electron chi connectivity index (χ0n) is 54.9. The summed E-state index contributed by atoms with van der Waals surface area (Å²) in [4.78, 5) is 77.8. The Morgan fingerprint density at radius 3 is 1.44 bits per heavy atom. The highest BCUT2D eigenvalue weighted by Crippen LogP contribution is 2.41. The van der Waals surface area contributed by atoms with Crippen molar-refractivity contribution in [1.29, 1.82) is 0 Å². The van der Waals surface area contributed by atoms with Gasteiger partial charge >= 0.3 is 17.9 Å². The summed E-state index contributed by atoms with van der Waals surface area (Å²) in [6, 6.07) is 17.6. The van der Waals surface area contributed by atoms with Crippen molar-refractivity contribution in [2.75, 3.05) is 11.1 Å². The number of hydrogen-bond acceptors (Lipinski definition) is 9. The van der Waals surface area contributed by atoms with E-state index >= 15 is 0 Å². The fraction of sp³-hybridized carbons (Fsp3) is 0.358. The van der Waals surface area contributed by atoms with E-state index in [-0.39, 0.29) is 40.9 Å². The van der Waals surface area contributed by atoms with Crippen LogP contribution < -0.4 is 31.4 Å². The predicted molar refractivity (Wildman–Crippen MR) is 265 cm³/mol. The fourth-order valence-corrected chi connectivity index (χ4v) is 6.47. The molecule has 0 saturated carbocycles. The number of H-pyrrole nitrogens is 2. The Morgan fingerprint density at radius 2 is 1.02 bits per heavy atom. The lowest BCUT2D eigenvalue weighted by atomic mass is 9.79. The molecule has 1 amide bonds. The van der Waals surface area contributed by atoms with E-state index in [1.807, 2.05) is 0 Å². The summed E-state index contributed by atoms with van der Waals surface area (Å²) in [6.45, 7) is -9.11. The third kappa shape index (κ3) is 13.0. The molecule has 2 aromatic heterocycles. The van der Waals surface area contributed by atoms with E-state index in [4.69, 9.17) is 45.0 Å². The maximum Gasteiger partial charge on any atom is 0.341 e. The first kappa shape index (κ1) is 31.8. The van der Waals surface area contributed by atoms with Crippen LogP contribution in [0, 0.1) is 0 Å². The molecule has 0 aliphatic rings. The van der Waals surface area contributed by atoms with Crippen LogP contribution in [0.25, 0.3) is 21.8 Å². The number of hydrogen-bond donors (Lipinski definition) is 5. The average Bonchev–Trinajstić information content (AvgIpc) is 0.724. The number of pyridine rings is 2. The number of aromatic amines is 2. The molecule has 2 heterocycles. The van der Waals surface area contributed by atoms with Gasteiger partial charge < -0.3 is 35.6 Å². The van der Waals surface area contributed by atoms with E-state index < -0.39 is 120 Å². The van der Waals surface area contributed by atoms with E-state index in [0.717, 1.165) is 38.1 Å². The van der Waals surface area contributed by atoms with E-state index in [2.05, 4.69) is 15.3 Å². The number of benzene rings is 4. The van der Waals surface area contributed by atoms with Crippen molar-refractivity contribution in [2.45, 2.75) is 126 Å². The maximum atomic E-state index is 13.3. The molecule has 6 aromatic rings. The molecule has 352 valence electrons. The summed E-state index contributed by atoms with van der Waals surface area (Å²) >= 11 is 0. The Bertz CT molecular complexity index is 3510. The van der Waals surface area contributed by atoms with Crippen LogP contribution in [0.1, 0.15) is 172 Å². The van der Waals surface area contributed by atoms with Gasteiger partial charge in [0.1, 0.15) is 22.6 Å². The molecule has 0 spiro atoms. The largest absolute Gasteiger partial charge is 0.477 e. The zero-order chi connectivity index (χ0) is 64.0. The van der Waals surface area contributed by atoms with E-state index in [1.54, 1.807) is 84.0 Å². The fourth-order valence-electron chi connectivity index (χ4n) is 6.47. The van der Waals surface area contributed by atoms with Crippen molar-refractivity contribution in [1.82, 2.24) is 9.97 Å². The Hall–Kier alpha value is -7.02. The van der Waals surface area contributed by atoms with Crippen molar-refractivity contribution < 1.29 is 58.4 Å². The molecule has 0 atom stereocenters. The monoisotopic (exact) mass is 921 g/mol. The first-order chi connectivity index (χ1) is 37.4. The van der Waals surface area contributed by atoms with E-state index in [9.17, 15) is 28.8 Å². The number of ether oxygens (including phenoxy) is 2. The Kier molecular flexibility index (Phi) is 9.84. The third-order valence-corrected chi connectivity index (χ3v) is 9.50. The molecule has 0 bridgehead atoms. The molecule has 0 unspecified atom stereocenters. The van der Waals surface area contributed by atoms with Gasteiger partial charge in [0.2, 0.25) is 10.9 Å². The van der Waals surface area contributed by atoms with Crippen molar-refractivity contribution in [2.24, 2.45) is 0 Å². The number of esters is 2. The molecule has 13 nitrogen and oxygen atoms in total. The van der Waals surface area contributed by atoms with Gasteiger partial charge in [-0.3, -0.25) is 24.0 Å². The van der Waals surface area contributed by atoms with Gasteiger partial charge in [-0.25, -0.2) is 4.79 Å². The van der Waals surface area contributed by atoms with E-state index in [1.165, 1.54) is 18.5 Å². The van der Waals surface area contributed by atoms with Crippen LogP contribution >= 0.6 is 0 Å². The zero-order valence-corrected chi connectivity index (χ0v) is 36.9. The standard InChI is InChI=1S/C26H30N2O4.C16H25NO2.C10H7NO3.CH4/c1-15(29)32-22-13-21(18(25(2,3)4)12-19(22)26(5,6)7)28-24(31)17-14-27-20-11-9-8-10-16(20)23(17)30;1-10(18)19-14-9-13(17)11(15(2,3)4)8-12(14)16(5,6)7;12-9-6-3-1-2-4-8(6)11-5-7(9)10(13)14;/h8-14H,1-7H3,(H,27,30)(H,28,31);8-9H,17H2,1-7H3;1-5H,(H,11,12)(H,13,14);1H4/i2*5D3,6D3,7D3;;. The lowest BCUT2D eigenvalue weighted by molar-refractivity contribution is -0.132. The van der Waals surface area contributed by atoms with Crippen LogP contribution in [0.15, 0.2) is 94.8 Å². The van der Waals surface area contributed by atoms with E-state index in [0.29, 0.717) is 22.0 Å². The molecule has 4 aromatic carbocycles. The number of nitrogen functional groups attached to an aromatic ring is 1. The van der Waals surface area contributed by atoms with Crippen molar-refractivity contribution in [3.05, 3.63) is 139 Å². The summed E-state index contributed by atoms with van der Waals surface area (Å²) in [5, 5.41) is 11.9. The molecular formula is C53H66N4O9. The first-order valence-corrected chi connectivity index (χ1v) is 19.7. The van der Waals surface area contributed by atoms with Gasteiger partial charge in [-0.05, 0) is 69.2 Å². The van der Waals surface area contributed by atoms with Gasteiger partial charge in [-0.15, -0.1) is 0 Å². The smallest absolute Gasteiger partial charge is 0.341 e. The van der Waals surface area contributed by atoms with Gasteiger partial charge in [0.25, 0.3) is 5.91 Å². The number of carboxylic acids is 1. The van der Waals surface area contributed by atoms with Gasteiger partial charge in [0, 0.05) is 107 Å². The van der Waals surface area contributed by atoms with Crippen LogP contribution in [0.5, 0.6) is 11.5 Å². The summed E-state index contributed by atoms with van der Waals surface area (Å²) in [6.07, 6.45) is 2.44. The number of aromatic carboxylic acids is 1. The second kappa shape index (κ2) is 20.4. The lowest BCUT2D eigenvalue weighted by Gasteiger charge is -2.29. The summed E-state index contributed by atoms with van der Waals surface area (Å²) < 4.78 is 154. The number of carbonyl (C=O) groups is 4. The maximum absolute atomic E-state index is 13.3. The van der Waals surface area contributed by atoms with Gasteiger partial charge in [-0.2, -0.15) is 0 Å². The first-order valence-electron chi connectivity index (χ1n) is 28.7. The SMILES string of the molecule is C.O=C(O)c1c[nH]c2ccccc2c1=O.[2H]C([2H])([2H])C(c1cc(C(C)(C)C)c(N)cc1OC(C)=O)(C([2H])([2H])[2H])C([2H])([2H])[2H].[2H]C([2H])([2H])C(c1cc(C(C)(C)C)c(NC(=O)c2c[nH]c3ccccc3c2=O)cc1OC(C)=O)(C([2H])([2H])[2H])C([2H])([2H])[2H]. The van der Waals surface area contributed by atoms with Crippen LogP contribution in [-0.4, -0.2) is 38.9 Å². The summed E-state index contributed by atoms with van der Waals surface area (Å²) in [7, 11) is 0. The molecule has 6 N–H and O–H groups in total. The van der Waals surface area contributed by atoms with Crippen molar-refractivity contribution >= 4 is 57.0 Å². The topological polar surface area (TPSA) is 211 Å². The highest BCUT2D eigenvalue weighted by Gasteiger charge is 2.29. The van der Waals surface area contributed by atoms with Crippen molar-refractivity contribution in [3.63, 3.8) is 0 Å². The molecule has 13 heteroatoms. The third-order valence-electron chi connectivity index (χ3n) is 9.50.